The maximum Gasteiger partial charge on any atom is 0.268 e. The number of imidazole rings is 1. The SMILES string of the molecule is Cc1ccc(-c2nn(C)cc2-c2ccc3nc(NC(=O)c4sc(-c5ccccn5)nc4C)cn3n2)cc1. The van der Waals surface area contributed by atoms with Crippen molar-refractivity contribution in [3.05, 3.63) is 89.3 Å². The molecule has 0 saturated carbocycles. The van der Waals surface area contributed by atoms with Crippen LogP contribution < -0.4 is 5.32 Å². The van der Waals surface area contributed by atoms with Gasteiger partial charge in [0.25, 0.3) is 5.91 Å². The summed E-state index contributed by atoms with van der Waals surface area (Å²) in [6.45, 7) is 3.87. The fourth-order valence-electron chi connectivity index (χ4n) is 4.07. The Bertz CT molecular complexity index is 1750. The molecule has 10 heteroatoms. The summed E-state index contributed by atoms with van der Waals surface area (Å²) in [7, 11) is 1.89. The lowest BCUT2D eigenvalue weighted by Gasteiger charge is -2.03. The molecule has 0 aliphatic heterocycles. The summed E-state index contributed by atoms with van der Waals surface area (Å²) in [6.07, 6.45) is 5.36. The molecule has 1 N–H and O–H groups in total. The number of pyridine rings is 1. The van der Waals surface area contributed by atoms with Crippen molar-refractivity contribution in [2.45, 2.75) is 13.8 Å². The van der Waals surface area contributed by atoms with Gasteiger partial charge in [-0.3, -0.25) is 14.5 Å². The molecule has 0 bridgehead atoms. The minimum Gasteiger partial charge on any atom is -0.304 e. The lowest BCUT2D eigenvalue weighted by molar-refractivity contribution is 0.102. The Balaban J connectivity index is 1.28. The number of thiazole rings is 1. The second-order valence-electron chi connectivity index (χ2n) is 8.68. The van der Waals surface area contributed by atoms with Crippen molar-refractivity contribution in [2.24, 2.45) is 7.05 Å². The maximum atomic E-state index is 13.0. The van der Waals surface area contributed by atoms with Crippen LogP contribution in [-0.4, -0.2) is 40.3 Å². The van der Waals surface area contributed by atoms with Crippen molar-refractivity contribution in [1.82, 2.24) is 34.3 Å². The van der Waals surface area contributed by atoms with E-state index >= 15 is 0 Å². The molecule has 182 valence electrons. The number of fused-ring (bicyclic) bond motifs is 1. The summed E-state index contributed by atoms with van der Waals surface area (Å²) in [4.78, 5) is 26.9. The number of nitrogens with one attached hydrogen (secondary N) is 1. The summed E-state index contributed by atoms with van der Waals surface area (Å²) in [6, 6.07) is 17.7. The van der Waals surface area contributed by atoms with E-state index in [0.29, 0.717) is 27.0 Å². The van der Waals surface area contributed by atoms with Crippen LogP contribution in [0.15, 0.2) is 73.2 Å². The van der Waals surface area contributed by atoms with Crippen LogP contribution in [0.4, 0.5) is 5.82 Å². The molecule has 1 aromatic carbocycles. The van der Waals surface area contributed by atoms with Crippen LogP contribution in [-0.2, 0) is 7.05 Å². The first-order valence-corrected chi connectivity index (χ1v) is 12.4. The summed E-state index contributed by atoms with van der Waals surface area (Å²) < 4.78 is 3.45. The highest BCUT2D eigenvalue weighted by Gasteiger charge is 2.19. The van der Waals surface area contributed by atoms with Crippen LogP contribution in [0.3, 0.4) is 0 Å². The van der Waals surface area contributed by atoms with E-state index in [2.05, 4.69) is 56.6 Å². The quantitative estimate of drug-likeness (QED) is 0.345. The number of carbonyl (C=O) groups excluding carboxylic acids is 1. The number of aryl methyl sites for hydroxylation is 3. The molecule has 0 radical (unpaired) electrons. The first kappa shape index (κ1) is 22.7. The molecule has 0 unspecified atom stereocenters. The third-order valence-electron chi connectivity index (χ3n) is 5.88. The van der Waals surface area contributed by atoms with Crippen LogP contribution in [0.2, 0.25) is 0 Å². The predicted molar refractivity (Wildman–Crippen MR) is 143 cm³/mol. The van der Waals surface area contributed by atoms with E-state index in [0.717, 1.165) is 28.2 Å². The summed E-state index contributed by atoms with van der Waals surface area (Å²) in [5.74, 6) is 0.140. The molecule has 0 saturated heterocycles. The molecule has 5 heterocycles. The smallest absolute Gasteiger partial charge is 0.268 e. The van der Waals surface area contributed by atoms with Gasteiger partial charge in [-0.05, 0) is 38.1 Å². The highest BCUT2D eigenvalue weighted by Crippen LogP contribution is 2.30. The van der Waals surface area contributed by atoms with Crippen LogP contribution in [0, 0.1) is 13.8 Å². The third-order valence-corrected chi connectivity index (χ3v) is 7.06. The average Bonchev–Trinajstić information content (AvgIpc) is 3.60. The Morgan fingerprint density at radius 3 is 2.54 bits per heavy atom. The topological polar surface area (TPSA) is 103 Å². The second kappa shape index (κ2) is 9.07. The van der Waals surface area contributed by atoms with Crippen LogP contribution in [0.5, 0.6) is 0 Å². The van der Waals surface area contributed by atoms with E-state index in [-0.39, 0.29) is 5.91 Å². The zero-order chi connectivity index (χ0) is 25.5. The molecule has 0 aliphatic carbocycles. The van der Waals surface area contributed by atoms with Gasteiger partial charge < -0.3 is 5.32 Å². The Kier molecular flexibility index (Phi) is 5.57. The van der Waals surface area contributed by atoms with Gasteiger partial charge in [0.2, 0.25) is 0 Å². The minimum absolute atomic E-state index is 0.269. The first-order valence-electron chi connectivity index (χ1n) is 11.6. The van der Waals surface area contributed by atoms with Crippen molar-refractivity contribution < 1.29 is 4.79 Å². The van der Waals surface area contributed by atoms with E-state index in [9.17, 15) is 4.79 Å². The number of rotatable bonds is 5. The van der Waals surface area contributed by atoms with E-state index in [1.807, 2.05) is 50.5 Å². The summed E-state index contributed by atoms with van der Waals surface area (Å²) >= 11 is 1.30. The van der Waals surface area contributed by atoms with Crippen molar-refractivity contribution >= 4 is 28.7 Å². The van der Waals surface area contributed by atoms with E-state index < -0.39 is 0 Å². The summed E-state index contributed by atoms with van der Waals surface area (Å²) in [5.41, 5.74) is 6.73. The van der Waals surface area contributed by atoms with Crippen LogP contribution >= 0.6 is 11.3 Å². The van der Waals surface area contributed by atoms with Gasteiger partial charge in [-0.15, -0.1) is 11.3 Å². The molecule has 0 atom stereocenters. The molecule has 0 fully saturated rings. The average molecular weight is 507 g/mol. The summed E-state index contributed by atoms with van der Waals surface area (Å²) in [5, 5.41) is 13.0. The Morgan fingerprint density at radius 1 is 0.919 bits per heavy atom. The van der Waals surface area contributed by atoms with Gasteiger partial charge in [-0.25, -0.2) is 14.5 Å². The standard InChI is InChI=1S/C27H22N8OS/c1-16-7-9-18(10-8-16)24-19(14-34(3)33-24)20-11-12-23-30-22(15-35(23)32-20)31-26(36)25-17(2)29-27(37-25)21-6-4-5-13-28-21/h4-15H,1-3H3,(H,31,36). The predicted octanol–water partition coefficient (Wildman–Crippen LogP) is 5.18. The van der Waals surface area contributed by atoms with Crippen molar-refractivity contribution in [3.63, 3.8) is 0 Å². The van der Waals surface area contributed by atoms with Crippen molar-refractivity contribution in [3.8, 4) is 33.2 Å². The monoisotopic (exact) mass is 506 g/mol. The molecule has 0 aliphatic rings. The van der Waals surface area contributed by atoms with Gasteiger partial charge in [0, 0.05) is 30.6 Å². The molecule has 6 rings (SSSR count). The number of carbonyl (C=O) groups is 1. The molecular formula is C27H22N8OS. The lowest BCUT2D eigenvalue weighted by atomic mass is 10.0. The van der Waals surface area contributed by atoms with E-state index in [1.165, 1.54) is 16.9 Å². The Labute approximate surface area is 216 Å². The zero-order valence-corrected chi connectivity index (χ0v) is 21.2. The highest BCUT2D eigenvalue weighted by molar-refractivity contribution is 7.17. The number of amides is 1. The number of anilines is 1. The van der Waals surface area contributed by atoms with Crippen LogP contribution in [0.1, 0.15) is 20.9 Å². The normalized spacial score (nSPS) is 11.2. The lowest BCUT2D eigenvalue weighted by Crippen LogP contribution is -2.11. The van der Waals surface area contributed by atoms with Crippen molar-refractivity contribution in [1.29, 1.82) is 0 Å². The number of hydrogen-bond donors (Lipinski definition) is 1. The number of benzene rings is 1. The molecule has 37 heavy (non-hydrogen) atoms. The Hall–Kier alpha value is -4.70. The maximum absolute atomic E-state index is 13.0. The largest absolute Gasteiger partial charge is 0.304 e. The third kappa shape index (κ3) is 4.38. The molecule has 0 spiro atoms. The van der Waals surface area contributed by atoms with Crippen LogP contribution in [0.25, 0.3) is 38.9 Å². The Morgan fingerprint density at radius 2 is 1.76 bits per heavy atom. The minimum atomic E-state index is -0.269. The molecule has 1 amide bonds. The molecule has 6 aromatic rings. The fourth-order valence-corrected chi connectivity index (χ4v) is 5.00. The van der Waals surface area contributed by atoms with Gasteiger partial charge in [0.1, 0.15) is 15.6 Å². The van der Waals surface area contributed by atoms with Gasteiger partial charge in [-0.2, -0.15) is 10.2 Å². The fraction of sp³-hybridized carbons (Fsp3) is 0.111. The number of aromatic nitrogens is 7. The second-order valence-corrected chi connectivity index (χ2v) is 9.68. The highest BCUT2D eigenvalue weighted by atomic mass is 32.1. The zero-order valence-electron chi connectivity index (χ0n) is 20.4. The van der Waals surface area contributed by atoms with Gasteiger partial charge in [0.05, 0.1) is 23.3 Å². The van der Waals surface area contributed by atoms with Gasteiger partial charge >= 0.3 is 0 Å². The van der Waals surface area contributed by atoms with Crippen molar-refractivity contribution in [2.75, 3.05) is 5.32 Å². The first-order chi connectivity index (χ1) is 17.9. The van der Waals surface area contributed by atoms with E-state index in [1.54, 1.807) is 21.6 Å². The number of nitrogens with zero attached hydrogens (tertiary/aromatic N) is 7. The molecule has 5 aromatic heterocycles. The molecule has 9 nitrogen and oxygen atoms in total. The van der Waals surface area contributed by atoms with E-state index in [4.69, 9.17) is 5.10 Å². The number of hydrogen-bond acceptors (Lipinski definition) is 7. The van der Waals surface area contributed by atoms with Gasteiger partial charge in [-0.1, -0.05) is 35.9 Å². The van der Waals surface area contributed by atoms with Gasteiger partial charge in [0.15, 0.2) is 11.5 Å². The molecular weight excluding hydrogens is 484 g/mol.